The molecule has 12 unspecified atom stereocenters. The van der Waals surface area contributed by atoms with Gasteiger partial charge in [0.15, 0.2) is 0 Å². The zero-order valence-electron chi connectivity index (χ0n) is 30.2. The van der Waals surface area contributed by atoms with Gasteiger partial charge in [0.2, 0.25) is 0 Å². The standard InChI is InChI=1S/C43H73N3O/c1-4-13-28(14-5-1)31-19-12-20-32(25-31)33-23-24-35-37-27-38(34-21-10-11-22-36(34)40(37)47-39(35)26-33)43-45-41(29-15-6-2-7-16-29)44-42(46-43)30-17-8-3-9-18-30/h28-46H,1-27H2. The molecule has 0 amide bonds. The summed E-state index contributed by atoms with van der Waals surface area (Å²) in [7, 11) is 0. The molecule has 7 saturated carbocycles. The van der Waals surface area contributed by atoms with E-state index in [1.165, 1.54) is 148 Å². The van der Waals surface area contributed by atoms with Crippen molar-refractivity contribution in [3.05, 3.63) is 0 Å². The summed E-state index contributed by atoms with van der Waals surface area (Å²) in [4.78, 5) is 0. The summed E-state index contributed by atoms with van der Waals surface area (Å²) < 4.78 is 7.42. The van der Waals surface area contributed by atoms with E-state index in [1.54, 1.807) is 25.7 Å². The maximum Gasteiger partial charge on any atom is 0.0641 e. The van der Waals surface area contributed by atoms with Crippen LogP contribution in [0.15, 0.2) is 0 Å². The minimum atomic E-state index is 0.496. The first-order valence-corrected chi connectivity index (χ1v) is 22.2. The maximum atomic E-state index is 7.42. The van der Waals surface area contributed by atoms with E-state index in [4.69, 9.17) is 4.74 Å². The van der Waals surface area contributed by atoms with Crippen LogP contribution in [0.3, 0.4) is 0 Å². The Hall–Kier alpha value is -0.160. The van der Waals surface area contributed by atoms with E-state index in [1.807, 2.05) is 0 Å². The lowest BCUT2D eigenvalue weighted by atomic mass is 9.57. The predicted molar refractivity (Wildman–Crippen MR) is 192 cm³/mol. The Bertz CT molecular complexity index is 975. The van der Waals surface area contributed by atoms with E-state index in [0.29, 0.717) is 30.7 Å². The summed E-state index contributed by atoms with van der Waals surface area (Å²) in [6, 6.07) is 0. The second-order valence-electron chi connectivity index (χ2n) is 19.4. The van der Waals surface area contributed by atoms with Gasteiger partial charge in [-0.05, 0) is 136 Å². The van der Waals surface area contributed by atoms with Crippen LogP contribution in [-0.4, -0.2) is 30.7 Å². The summed E-state index contributed by atoms with van der Waals surface area (Å²) in [5.74, 6) is 9.89. The summed E-state index contributed by atoms with van der Waals surface area (Å²) >= 11 is 0. The lowest BCUT2D eigenvalue weighted by Gasteiger charge is -2.54. The van der Waals surface area contributed by atoms with Crippen molar-refractivity contribution in [1.29, 1.82) is 0 Å². The quantitative estimate of drug-likeness (QED) is 0.278. The first-order chi connectivity index (χ1) is 23.3. The third-order valence-corrected chi connectivity index (χ3v) is 17.1. The highest BCUT2D eigenvalue weighted by molar-refractivity contribution is 5.07. The van der Waals surface area contributed by atoms with Crippen molar-refractivity contribution in [3.63, 3.8) is 0 Å². The first kappa shape index (κ1) is 32.7. The Morgan fingerprint density at radius 2 is 0.809 bits per heavy atom. The highest BCUT2D eigenvalue weighted by atomic mass is 16.5. The van der Waals surface area contributed by atoms with Crippen molar-refractivity contribution in [2.75, 3.05) is 0 Å². The van der Waals surface area contributed by atoms with Crippen molar-refractivity contribution in [2.24, 2.45) is 65.1 Å². The fraction of sp³-hybridized carbons (Fsp3) is 1.00. The van der Waals surface area contributed by atoms with Gasteiger partial charge < -0.3 is 4.74 Å². The van der Waals surface area contributed by atoms with E-state index in [9.17, 15) is 0 Å². The minimum absolute atomic E-state index is 0.496. The molecule has 7 aliphatic carbocycles. The third-order valence-electron chi connectivity index (χ3n) is 17.1. The number of rotatable bonds is 5. The Morgan fingerprint density at radius 3 is 1.47 bits per heavy atom. The van der Waals surface area contributed by atoms with E-state index < -0.39 is 0 Å². The molecule has 4 nitrogen and oxygen atoms in total. The van der Waals surface area contributed by atoms with Gasteiger partial charge in [0, 0.05) is 0 Å². The van der Waals surface area contributed by atoms with Crippen LogP contribution in [-0.2, 0) is 4.74 Å². The lowest BCUT2D eigenvalue weighted by Crippen LogP contribution is -2.73. The average molecular weight is 648 g/mol. The number of hydrogen-bond acceptors (Lipinski definition) is 4. The van der Waals surface area contributed by atoms with E-state index in [-0.39, 0.29) is 0 Å². The van der Waals surface area contributed by atoms with Crippen molar-refractivity contribution in [2.45, 2.75) is 204 Å². The van der Waals surface area contributed by atoms with Gasteiger partial charge in [0.25, 0.3) is 0 Å². The van der Waals surface area contributed by atoms with E-state index in [0.717, 1.165) is 65.1 Å². The first-order valence-electron chi connectivity index (χ1n) is 22.2. The average Bonchev–Trinajstić information content (AvgIpc) is 3.53. The minimum Gasteiger partial charge on any atom is -0.374 e. The summed E-state index contributed by atoms with van der Waals surface area (Å²) in [6.45, 7) is 0. The molecule has 0 radical (unpaired) electrons. The predicted octanol–water partition coefficient (Wildman–Crippen LogP) is 9.92. The zero-order chi connectivity index (χ0) is 31.2. The summed E-state index contributed by atoms with van der Waals surface area (Å²) in [5, 5.41) is 13.0. The number of nitrogens with one attached hydrogen (secondary N) is 3. The molecule has 47 heavy (non-hydrogen) atoms. The Morgan fingerprint density at radius 1 is 0.298 bits per heavy atom. The second kappa shape index (κ2) is 14.8. The van der Waals surface area contributed by atoms with Crippen LogP contribution in [0.25, 0.3) is 0 Å². The smallest absolute Gasteiger partial charge is 0.0641 e. The highest BCUT2D eigenvalue weighted by Crippen LogP contribution is 2.58. The number of fused-ring (bicyclic) bond motifs is 5. The largest absolute Gasteiger partial charge is 0.374 e. The Labute approximate surface area is 289 Å². The van der Waals surface area contributed by atoms with Gasteiger partial charge in [-0.25, -0.2) is 0 Å². The van der Waals surface area contributed by atoms with Crippen LogP contribution >= 0.6 is 0 Å². The fourth-order valence-electron chi connectivity index (χ4n) is 14.7. The SMILES string of the molecule is C1CCC(C2CCCC(C3CCC4C(C3)OC3C4CC(C4NC(C5CCCCC5)NC(C5CCCCC5)N4)C4CCCCC43)C2)CC1. The van der Waals surface area contributed by atoms with Gasteiger partial charge >= 0.3 is 0 Å². The molecule has 9 rings (SSSR count). The molecule has 4 heteroatoms. The Kier molecular flexibility index (Phi) is 10.3. The maximum absolute atomic E-state index is 7.42. The van der Waals surface area contributed by atoms with Gasteiger partial charge in [-0.3, -0.25) is 16.0 Å². The third kappa shape index (κ3) is 6.80. The molecule has 0 spiro atoms. The van der Waals surface area contributed by atoms with Gasteiger partial charge in [0.05, 0.1) is 30.7 Å². The second-order valence-corrected chi connectivity index (χ2v) is 19.4. The van der Waals surface area contributed by atoms with Gasteiger partial charge in [-0.1, -0.05) is 103 Å². The van der Waals surface area contributed by atoms with Crippen LogP contribution < -0.4 is 16.0 Å². The topological polar surface area (TPSA) is 45.3 Å². The molecule has 2 saturated heterocycles. The molecule has 0 aromatic carbocycles. The summed E-state index contributed by atoms with van der Waals surface area (Å²) in [5.41, 5.74) is 0. The molecule has 2 aliphatic heterocycles. The van der Waals surface area contributed by atoms with Crippen molar-refractivity contribution >= 4 is 0 Å². The van der Waals surface area contributed by atoms with Crippen LogP contribution in [0.2, 0.25) is 0 Å². The van der Waals surface area contributed by atoms with Crippen molar-refractivity contribution in [3.8, 4) is 0 Å². The van der Waals surface area contributed by atoms with Crippen LogP contribution in [0.1, 0.15) is 173 Å². The molecule has 0 bridgehead atoms. The van der Waals surface area contributed by atoms with Crippen LogP contribution in [0, 0.1) is 65.1 Å². The monoisotopic (exact) mass is 648 g/mol. The van der Waals surface area contributed by atoms with Crippen LogP contribution in [0.4, 0.5) is 0 Å². The highest BCUT2D eigenvalue weighted by Gasteiger charge is 2.58. The fourth-order valence-corrected chi connectivity index (χ4v) is 14.7. The molecule has 0 aromatic rings. The van der Waals surface area contributed by atoms with E-state index >= 15 is 0 Å². The van der Waals surface area contributed by atoms with Gasteiger partial charge in [0.1, 0.15) is 0 Å². The number of hydrogen-bond donors (Lipinski definition) is 3. The van der Waals surface area contributed by atoms with Gasteiger partial charge in [-0.15, -0.1) is 0 Å². The molecule has 2 heterocycles. The molecule has 9 fully saturated rings. The van der Waals surface area contributed by atoms with Gasteiger partial charge in [-0.2, -0.15) is 0 Å². The lowest BCUT2D eigenvalue weighted by molar-refractivity contribution is -0.0908. The number of ether oxygens (including phenoxy) is 1. The molecule has 3 N–H and O–H groups in total. The molecule has 266 valence electrons. The molecular formula is C43H73N3O. The Balaban J connectivity index is 0.905. The van der Waals surface area contributed by atoms with E-state index in [2.05, 4.69) is 16.0 Å². The van der Waals surface area contributed by atoms with Crippen LogP contribution in [0.5, 0.6) is 0 Å². The zero-order valence-corrected chi connectivity index (χ0v) is 30.2. The summed E-state index contributed by atoms with van der Waals surface area (Å²) in [6.07, 6.45) is 42.6. The molecular weight excluding hydrogens is 574 g/mol. The van der Waals surface area contributed by atoms with Crippen molar-refractivity contribution in [1.82, 2.24) is 16.0 Å². The molecule has 12 atom stereocenters. The molecule has 0 aromatic heterocycles. The molecule has 9 aliphatic rings. The normalized spacial score (nSPS) is 49.1. The van der Waals surface area contributed by atoms with Crippen molar-refractivity contribution < 1.29 is 4.74 Å².